The Balaban J connectivity index is 1.95. The van der Waals surface area contributed by atoms with Crippen molar-refractivity contribution >= 4 is 22.6 Å². The van der Waals surface area contributed by atoms with Crippen LogP contribution in [0.4, 0.5) is 0 Å². The number of rotatable bonds is 8. The van der Waals surface area contributed by atoms with Crippen LogP contribution in [0.3, 0.4) is 0 Å². The van der Waals surface area contributed by atoms with Gasteiger partial charge in [0.05, 0.1) is 10.8 Å². The molecular weight excluding hydrogens is 340 g/mol. The van der Waals surface area contributed by atoms with E-state index >= 15 is 0 Å². The molecule has 0 saturated carbocycles. The molecule has 0 bridgehead atoms. The second-order valence-electron chi connectivity index (χ2n) is 5.43. The number of hydrogen-bond donors (Lipinski definition) is 3. The number of aliphatic hydroxyl groups is 1. The van der Waals surface area contributed by atoms with Crippen molar-refractivity contribution < 1.29 is 18.9 Å². The number of nitrogens with two attached hydrogens (primary N) is 1. The first-order chi connectivity index (χ1) is 12.0. The average Bonchev–Trinajstić information content (AvgIpc) is 2.65. The van der Waals surface area contributed by atoms with Gasteiger partial charge in [-0.05, 0) is 24.1 Å². The summed E-state index contributed by atoms with van der Waals surface area (Å²) in [6.07, 6.45) is -1.29. The molecule has 3 atom stereocenters. The number of carbonyl (C=O) groups is 2. The Bertz CT molecular complexity index is 737. The Morgan fingerprint density at radius 1 is 1.04 bits per heavy atom. The van der Waals surface area contributed by atoms with Gasteiger partial charge < -0.3 is 16.2 Å². The molecule has 0 spiro atoms. The standard InChI is InChI=1S/C18H20N2O4S/c19-17(22)15(11-12-25(24)14-9-5-2-6-10-14)20-18(23)16(21)13-7-3-1-4-8-13/h1-10,15-16,21H,11-12H2,(H2,19,22)(H,20,23)/t15-,16-,25-/m0/s1. The van der Waals surface area contributed by atoms with Crippen LogP contribution in [0.15, 0.2) is 65.6 Å². The number of nitrogens with one attached hydrogen (secondary N) is 1. The van der Waals surface area contributed by atoms with Crippen molar-refractivity contribution in [2.24, 2.45) is 5.73 Å². The normalized spacial score (nSPS) is 14.3. The fourth-order valence-corrected chi connectivity index (χ4v) is 3.38. The lowest BCUT2D eigenvalue weighted by Gasteiger charge is -2.18. The summed E-state index contributed by atoms with van der Waals surface area (Å²) in [5.74, 6) is -1.29. The van der Waals surface area contributed by atoms with Gasteiger partial charge in [0.15, 0.2) is 6.10 Å². The number of amides is 2. The lowest BCUT2D eigenvalue weighted by atomic mass is 10.1. The summed E-state index contributed by atoms with van der Waals surface area (Å²) >= 11 is 0. The van der Waals surface area contributed by atoms with E-state index in [4.69, 9.17) is 5.73 Å². The third kappa shape index (κ3) is 5.51. The van der Waals surface area contributed by atoms with Gasteiger partial charge in [-0.15, -0.1) is 0 Å². The summed E-state index contributed by atoms with van der Waals surface area (Å²) < 4.78 is 12.2. The molecule has 0 unspecified atom stereocenters. The molecule has 0 fully saturated rings. The summed E-state index contributed by atoms with van der Waals surface area (Å²) in [7, 11) is -1.30. The molecule has 0 aliphatic rings. The predicted octanol–water partition coefficient (Wildman–Crippen LogP) is 0.888. The number of primary amides is 1. The van der Waals surface area contributed by atoms with E-state index in [0.717, 1.165) is 0 Å². The molecule has 0 aliphatic heterocycles. The van der Waals surface area contributed by atoms with Gasteiger partial charge in [0.1, 0.15) is 6.04 Å². The first-order valence-corrected chi connectivity index (χ1v) is 9.07. The Labute approximate surface area is 148 Å². The number of carbonyl (C=O) groups excluding carboxylic acids is 2. The first-order valence-electron chi connectivity index (χ1n) is 7.75. The van der Waals surface area contributed by atoms with Crippen LogP contribution in [0.1, 0.15) is 18.1 Å². The Morgan fingerprint density at radius 3 is 2.16 bits per heavy atom. The molecule has 2 aromatic rings. The molecule has 25 heavy (non-hydrogen) atoms. The third-order valence-corrected chi connectivity index (χ3v) is 5.03. The summed E-state index contributed by atoms with van der Waals surface area (Å²) in [6.45, 7) is 0. The van der Waals surface area contributed by atoms with Gasteiger partial charge in [-0.2, -0.15) is 0 Å². The minimum atomic E-state index is -1.40. The smallest absolute Gasteiger partial charge is 0.254 e. The number of hydrogen-bond acceptors (Lipinski definition) is 4. The largest absolute Gasteiger partial charge is 0.378 e. The lowest BCUT2D eigenvalue weighted by molar-refractivity contribution is -0.133. The van der Waals surface area contributed by atoms with E-state index in [0.29, 0.717) is 10.5 Å². The van der Waals surface area contributed by atoms with Gasteiger partial charge in [0, 0.05) is 10.6 Å². The SMILES string of the molecule is NC(=O)[C@H](CC[S@](=O)c1ccccc1)NC(=O)[C@@H](O)c1ccccc1. The molecule has 0 saturated heterocycles. The highest BCUT2D eigenvalue weighted by Gasteiger charge is 2.24. The lowest BCUT2D eigenvalue weighted by Crippen LogP contribution is -2.46. The van der Waals surface area contributed by atoms with E-state index in [1.54, 1.807) is 54.6 Å². The molecule has 4 N–H and O–H groups in total. The van der Waals surface area contributed by atoms with Gasteiger partial charge in [-0.3, -0.25) is 13.8 Å². The maximum absolute atomic E-state index is 12.2. The Kier molecular flexibility index (Phi) is 6.85. The maximum atomic E-state index is 12.2. The Morgan fingerprint density at radius 2 is 1.60 bits per heavy atom. The number of aliphatic hydroxyl groups excluding tert-OH is 1. The molecular formula is C18H20N2O4S. The van der Waals surface area contributed by atoms with Gasteiger partial charge >= 0.3 is 0 Å². The van der Waals surface area contributed by atoms with Crippen molar-refractivity contribution in [3.05, 3.63) is 66.2 Å². The van der Waals surface area contributed by atoms with Crippen molar-refractivity contribution in [2.75, 3.05) is 5.75 Å². The van der Waals surface area contributed by atoms with Crippen molar-refractivity contribution in [1.29, 1.82) is 0 Å². The minimum absolute atomic E-state index is 0.115. The van der Waals surface area contributed by atoms with Crippen LogP contribution in [0.5, 0.6) is 0 Å². The van der Waals surface area contributed by atoms with Crippen molar-refractivity contribution in [1.82, 2.24) is 5.32 Å². The van der Waals surface area contributed by atoms with Crippen molar-refractivity contribution in [2.45, 2.75) is 23.5 Å². The zero-order valence-electron chi connectivity index (χ0n) is 13.5. The molecule has 6 nitrogen and oxygen atoms in total. The summed E-state index contributed by atoms with van der Waals surface area (Å²) in [4.78, 5) is 24.3. The van der Waals surface area contributed by atoms with Crippen molar-refractivity contribution in [3.63, 3.8) is 0 Å². The molecule has 0 radical (unpaired) electrons. The van der Waals surface area contributed by atoms with Gasteiger partial charge in [-0.1, -0.05) is 48.5 Å². The van der Waals surface area contributed by atoms with Crippen LogP contribution in [-0.2, 0) is 20.4 Å². The molecule has 132 valence electrons. The van der Waals surface area contributed by atoms with Crippen molar-refractivity contribution in [3.8, 4) is 0 Å². The van der Waals surface area contributed by atoms with Crippen LogP contribution < -0.4 is 11.1 Å². The maximum Gasteiger partial charge on any atom is 0.254 e. The predicted molar refractivity (Wildman–Crippen MR) is 94.9 cm³/mol. The quantitative estimate of drug-likeness (QED) is 0.649. The fourth-order valence-electron chi connectivity index (χ4n) is 2.24. The summed E-state index contributed by atoms with van der Waals surface area (Å²) in [6, 6.07) is 16.2. The average molecular weight is 360 g/mol. The highest BCUT2D eigenvalue weighted by molar-refractivity contribution is 7.85. The van der Waals surface area contributed by atoms with Crippen LogP contribution in [-0.4, -0.2) is 32.9 Å². The molecule has 2 rings (SSSR count). The topological polar surface area (TPSA) is 109 Å². The molecule has 2 aromatic carbocycles. The van der Waals surface area contributed by atoms with E-state index in [-0.39, 0.29) is 12.2 Å². The Hall–Kier alpha value is -2.51. The van der Waals surface area contributed by atoms with Crippen LogP contribution in [0, 0.1) is 0 Å². The van der Waals surface area contributed by atoms with Gasteiger partial charge in [0.25, 0.3) is 5.91 Å². The first kappa shape index (κ1) is 18.8. The molecule has 0 heterocycles. The second-order valence-corrected chi connectivity index (χ2v) is 7.00. The van der Waals surface area contributed by atoms with E-state index in [2.05, 4.69) is 5.32 Å². The van der Waals surface area contributed by atoms with Gasteiger partial charge in [0.2, 0.25) is 5.91 Å². The minimum Gasteiger partial charge on any atom is -0.378 e. The third-order valence-electron chi connectivity index (χ3n) is 3.62. The van der Waals surface area contributed by atoms with E-state index in [1.807, 2.05) is 6.07 Å². The van der Waals surface area contributed by atoms with Crippen LogP contribution in [0.2, 0.25) is 0 Å². The van der Waals surface area contributed by atoms with E-state index < -0.39 is 34.8 Å². The second kappa shape index (κ2) is 9.10. The summed E-state index contributed by atoms with van der Waals surface area (Å²) in [5, 5.41) is 12.5. The zero-order chi connectivity index (χ0) is 18.2. The fraction of sp³-hybridized carbons (Fsp3) is 0.222. The molecule has 0 aromatic heterocycles. The molecule has 0 aliphatic carbocycles. The van der Waals surface area contributed by atoms with Crippen LogP contribution in [0.25, 0.3) is 0 Å². The highest BCUT2D eigenvalue weighted by atomic mass is 32.2. The van der Waals surface area contributed by atoms with E-state index in [1.165, 1.54) is 0 Å². The zero-order valence-corrected chi connectivity index (χ0v) is 14.3. The number of benzene rings is 2. The molecule has 7 heteroatoms. The summed E-state index contributed by atoms with van der Waals surface area (Å²) in [5.41, 5.74) is 5.73. The van der Waals surface area contributed by atoms with Gasteiger partial charge in [-0.25, -0.2) is 0 Å². The van der Waals surface area contributed by atoms with Crippen LogP contribution >= 0.6 is 0 Å². The molecule has 2 amide bonds. The van der Waals surface area contributed by atoms with E-state index in [9.17, 15) is 18.9 Å². The monoisotopic (exact) mass is 360 g/mol. The highest BCUT2D eigenvalue weighted by Crippen LogP contribution is 2.13.